The third-order valence-electron chi connectivity index (χ3n) is 4.48. The van der Waals surface area contributed by atoms with E-state index in [2.05, 4.69) is 31.8 Å². The Morgan fingerprint density at radius 3 is 2.66 bits per heavy atom. The summed E-state index contributed by atoms with van der Waals surface area (Å²) in [6, 6.07) is 14.9. The molecule has 29 heavy (non-hydrogen) atoms. The number of nitrogens with zero attached hydrogens (tertiary/aromatic N) is 1. The van der Waals surface area contributed by atoms with E-state index >= 15 is 0 Å². The zero-order valence-corrected chi connectivity index (χ0v) is 17.1. The Kier molecular flexibility index (Phi) is 6.26. The summed E-state index contributed by atoms with van der Waals surface area (Å²) in [5, 5.41) is 12.5. The minimum Gasteiger partial charge on any atom is -0.337 e. The fraction of sp³-hybridized carbons (Fsp3) is 0.200. The fourth-order valence-corrected chi connectivity index (χ4v) is 3.86. The number of anilines is 3. The van der Waals surface area contributed by atoms with Crippen LogP contribution in [0.2, 0.25) is 5.02 Å². The molecular weight excluding hydrogens is 408 g/mol. The van der Waals surface area contributed by atoms with Gasteiger partial charge in [0.05, 0.1) is 5.69 Å². The highest BCUT2D eigenvalue weighted by Crippen LogP contribution is 2.28. The van der Waals surface area contributed by atoms with Crippen LogP contribution in [0.5, 0.6) is 0 Å². The predicted octanol–water partition coefficient (Wildman–Crippen LogP) is 4.05. The topological polar surface area (TPSA) is 90.1 Å². The molecule has 1 saturated heterocycles. The summed E-state index contributed by atoms with van der Waals surface area (Å²) in [7, 11) is 0. The minimum absolute atomic E-state index is 0.205. The molecule has 4 rings (SSSR count). The van der Waals surface area contributed by atoms with Crippen LogP contribution in [0.1, 0.15) is 0 Å². The first kappa shape index (κ1) is 19.7. The van der Waals surface area contributed by atoms with Crippen LogP contribution in [0.25, 0.3) is 11.3 Å². The molecule has 0 unspecified atom stereocenters. The Labute approximate surface area is 177 Å². The summed E-state index contributed by atoms with van der Waals surface area (Å²) >= 11 is 7.58. The molecule has 2 amide bonds. The summed E-state index contributed by atoms with van der Waals surface area (Å²) in [6.07, 6.45) is 0. The number of hydrogen-bond donors (Lipinski definition) is 5. The molecule has 2 heterocycles. The molecule has 0 aliphatic carbocycles. The van der Waals surface area contributed by atoms with Crippen LogP contribution in [0, 0.1) is 5.92 Å². The summed E-state index contributed by atoms with van der Waals surface area (Å²) in [5.74, 6) is 0.405. The first-order chi connectivity index (χ1) is 14.2. The number of aromatic nitrogens is 1. The van der Waals surface area contributed by atoms with Gasteiger partial charge >= 0.3 is 6.03 Å². The SMILES string of the molecule is O=C(NCC1CNNC1)Nc1ccc(Nc2nc(-c3cccc(Cl)c3)cs2)cc1. The second kappa shape index (κ2) is 9.23. The Hall–Kier alpha value is -2.65. The van der Waals surface area contributed by atoms with Crippen molar-refractivity contribution in [2.75, 3.05) is 30.3 Å². The summed E-state index contributed by atoms with van der Waals surface area (Å²) < 4.78 is 0. The molecule has 9 heteroatoms. The summed E-state index contributed by atoms with van der Waals surface area (Å²) in [4.78, 5) is 16.6. The van der Waals surface area contributed by atoms with Crippen molar-refractivity contribution in [2.24, 2.45) is 5.92 Å². The second-order valence-corrected chi connectivity index (χ2v) is 8.01. The zero-order chi connectivity index (χ0) is 20.1. The van der Waals surface area contributed by atoms with Gasteiger partial charge in [0.15, 0.2) is 5.13 Å². The van der Waals surface area contributed by atoms with E-state index in [0.29, 0.717) is 17.5 Å². The van der Waals surface area contributed by atoms with Crippen molar-refractivity contribution >= 4 is 45.5 Å². The van der Waals surface area contributed by atoms with Crippen molar-refractivity contribution < 1.29 is 4.79 Å². The van der Waals surface area contributed by atoms with Gasteiger partial charge in [0.1, 0.15) is 0 Å². The highest BCUT2D eigenvalue weighted by molar-refractivity contribution is 7.14. The van der Waals surface area contributed by atoms with Gasteiger partial charge in [0.25, 0.3) is 0 Å². The number of halogens is 1. The third kappa shape index (κ3) is 5.45. The molecule has 0 radical (unpaired) electrons. The number of benzene rings is 2. The van der Waals surface area contributed by atoms with Crippen molar-refractivity contribution in [3.63, 3.8) is 0 Å². The van der Waals surface area contributed by atoms with Crippen LogP contribution in [0.15, 0.2) is 53.9 Å². The molecular formula is C20H21ClN6OS. The molecule has 7 nitrogen and oxygen atoms in total. The number of nitrogens with one attached hydrogen (secondary N) is 5. The normalized spacial score (nSPS) is 14.0. The predicted molar refractivity (Wildman–Crippen MR) is 119 cm³/mol. The number of rotatable bonds is 6. The van der Waals surface area contributed by atoms with Crippen molar-refractivity contribution in [3.8, 4) is 11.3 Å². The van der Waals surface area contributed by atoms with Crippen LogP contribution in [-0.4, -0.2) is 30.6 Å². The Bertz CT molecular complexity index is 971. The monoisotopic (exact) mass is 428 g/mol. The lowest BCUT2D eigenvalue weighted by atomic mass is 10.2. The Balaban J connectivity index is 1.31. The smallest absolute Gasteiger partial charge is 0.319 e. The van der Waals surface area contributed by atoms with Gasteiger partial charge in [-0.15, -0.1) is 11.3 Å². The fourth-order valence-electron chi connectivity index (χ4n) is 2.93. The van der Waals surface area contributed by atoms with Crippen molar-refractivity contribution in [1.82, 2.24) is 21.2 Å². The molecule has 3 aromatic rings. The second-order valence-electron chi connectivity index (χ2n) is 6.71. The van der Waals surface area contributed by atoms with E-state index in [-0.39, 0.29) is 6.03 Å². The van der Waals surface area contributed by atoms with Gasteiger partial charge in [-0.05, 0) is 36.4 Å². The van der Waals surface area contributed by atoms with Gasteiger partial charge in [0, 0.05) is 52.9 Å². The Morgan fingerprint density at radius 1 is 1.14 bits per heavy atom. The molecule has 1 aromatic heterocycles. The number of thiazole rings is 1. The molecule has 1 fully saturated rings. The van der Waals surface area contributed by atoms with E-state index in [9.17, 15) is 4.79 Å². The number of hydrazine groups is 1. The molecule has 0 atom stereocenters. The number of carbonyl (C=O) groups is 1. The zero-order valence-electron chi connectivity index (χ0n) is 15.5. The standard InChI is InChI=1S/C20H21ClN6OS/c21-15-3-1-2-14(8-15)18-12-29-20(27-18)26-17-6-4-16(5-7-17)25-19(28)22-9-13-10-23-24-11-13/h1-8,12-13,23-24H,9-11H2,(H,26,27)(H2,22,25,28). The van der Waals surface area contributed by atoms with Gasteiger partial charge < -0.3 is 16.0 Å². The van der Waals surface area contributed by atoms with E-state index in [1.165, 1.54) is 11.3 Å². The highest BCUT2D eigenvalue weighted by atomic mass is 35.5. The lowest BCUT2D eigenvalue weighted by molar-refractivity contribution is 0.250. The lowest BCUT2D eigenvalue weighted by Crippen LogP contribution is -2.34. The van der Waals surface area contributed by atoms with E-state index in [1.54, 1.807) is 0 Å². The highest BCUT2D eigenvalue weighted by Gasteiger charge is 2.14. The van der Waals surface area contributed by atoms with Gasteiger partial charge in [-0.3, -0.25) is 10.9 Å². The summed E-state index contributed by atoms with van der Waals surface area (Å²) in [5.41, 5.74) is 9.58. The molecule has 150 valence electrons. The molecule has 1 aliphatic rings. The van der Waals surface area contributed by atoms with Crippen molar-refractivity contribution in [3.05, 3.63) is 58.9 Å². The largest absolute Gasteiger partial charge is 0.337 e. The molecule has 5 N–H and O–H groups in total. The third-order valence-corrected chi connectivity index (χ3v) is 5.47. The van der Waals surface area contributed by atoms with Gasteiger partial charge in [-0.2, -0.15) is 0 Å². The first-order valence-electron chi connectivity index (χ1n) is 9.25. The molecule has 0 spiro atoms. The molecule has 0 bridgehead atoms. The number of urea groups is 1. The van der Waals surface area contributed by atoms with Crippen molar-refractivity contribution in [1.29, 1.82) is 0 Å². The first-order valence-corrected chi connectivity index (χ1v) is 10.5. The average molecular weight is 429 g/mol. The number of amides is 2. The number of carbonyl (C=O) groups excluding carboxylic acids is 1. The quantitative estimate of drug-likeness (QED) is 0.408. The maximum absolute atomic E-state index is 12.0. The maximum atomic E-state index is 12.0. The van der Waals surface area contributed by atoms with Crippen LogP contribution in [-0.2, 0) is 0 Å². The molecule has 0 saturated carbocycles. The van der Waals surface area contributed by atoms with Crippen molar-refractivity contribution in [2.45, 2.75) is 0 Å². The lowest BCUT2D eigenvalue weighted by Gasteiger charge is -2.11. The average Bonchev–Trinajstić information content (AvgIpc) is 3.40. The van der Waals surface area contributed by atoms with Gasteiger partial charge in [-0.25, -0.2) is 9.78 Å². The van der Waals surface area contributed by atoms with Gasteiger partial charge in [-0.1, -0.05) is 23.7 Å². The van der Waals surface area contributed by atoms with Gasteiger partial charge in [0.2, 0.25) is 0 Å². The van der Waals surface area contributed by atoms with E-state index in [0.717, 1.165) is 40.9 Å². The molecule has 2 aromatic carbocycles. The minimum atomic E-state index is -0.205. The van der Waals surface area contributed by atoms with Crippen LogP contribution in [0.3, 0.4) is 0 Å². The molecule has 1 aliphatic heterocycles. The van der Waals surface area contributed by atoms with Crippen LogP contribution < -0.4 is 26.8 Å². The Morgan fingerprint density at radius 2 is 1.90 bits per heavy atom. The van der Waals surface area contributed by atoms with Crippen LogP contribution in [0.4, 0.5) is 21.3 Å². The van der Waals surface area contributed by atoms with E-state index < -0.39 is 0 Å². The van der Waals surface area contributed by atoms with E-state index in [1.807, 2.05) is 53.9 Å². The number of hydrogen-bond acceptors (Lipinski definition) is 6. The van der Waals surface area contributed by atoms with Crippen LogP contribution >= 0.6 is 22.9 Å². The summed E-state index contributed by atoms with van der Waals surface area (Å²) in [6.45, 7) is 2.34. The van der Waals surface area contributed by atoms with E-state index in [4.69, 9.17) is 11.6 Å². The maximum Gasteiger partial charge on any atom is 0.319 e.